The van der Waals surface area contributed by atoms with Crippen molar-refractivity contribution in [2.24, 2.45) is 0 Å². The smallest absolute Gasteiger partial charge is 0.251 e. The van der Waals surface area contributed by atoms with Gasteiger partial charge in [0.05, 0.1) is 12.8 Å². The van der Waals surface area contributed by atoms with Crippen LogP contribution in [0.5, 0.6) is 5.75 Å². The van der Waals surface area contributed by atoms with Crippen LogP contribution in [0.2, 0.25) is 0 Å². The minimum Gasteiger partial charge on any atom is -0.497 e. The number of hydrogen-bond donors (Lipinski definition) is 1. The summed E-state index contributed by atoms with van der Waals surface area (Å²) in [5.74, 6) is 0.671. The Morgan fingerprint density at radius 2 is 2.10 bits per heavy atom. The Kier molecular flexibility index (Phi) is 5.62. The van der Waals surface area contributed by atoms with Gasteiger partial charge in [-0.2, -0.15) is 0 Å². The Morgan fingerprint density at radius 1 is 1.17 bits per heavy atom. The molecule has 0 aliphatic heterocycles. The SMILES string of the molecule is COc1cccc(CCNC(=O)c2cc(-c3cccs3)cc(-n3cnnn3)c2)c1. The number of ether oxygens (including phenoxy) is 1. The highest BCUT2D eigenvalue weighted by atomic mass is 32.1. The number of carbonyl (C=O) groups excluding carboxylic acids is 1. The van der Waals surface area contributed by atoms with Crippen LogP contribution in [0.3, 0.4) is 0 Å². The molecule has 8 heteroatoms. The van der Waals surface area contributed by atoms with Gasteiger partial charge in [0.2, 0.25) is 0 Å². The zero-order valence-corrected chi connectivity index (χ0v) is 16.6. The highest BCUT2D eigenvalue weighted by molar-refractivity contribution is 7.13. The second kappa shape index (κ2) is 8.66. The summed E-state index contributed by atoms with van der Waals surface area (Å²) in [7, 11) is 1.64. The molecule has 4 rings (SSSR count). The van der Waals surface area contributed by atoms with E-state index < -0.39 is 0 Å². The molecule has 4 aromatic rings. The lowest BCUT2D eigenvalue weighted by Crippen LogP contribution is -2.26. The number of tetrazole rings is 1. The Hall–Kier alpha value is -3.52. The fourth-order valence-electron chi connectivity index (χ4n) is 2.99. The molecule has 0 bridgehead atoms. The van der Waals surface area contributed by atoms with Crippen LogP contribution >= 0.6 is 11.3 Å². The zero-order valence-electron chi connectivity index (χ0n) is 15.8. The third kappa shape index (κ3) is 4.49. The predicted octanol–water partition coefficient (Wildman–Crippen LogP) is 3.37. The molecule has 2 heterocycles. The molecule has 146 valence electrons. The van der Waals surface area contributed by atoms with Gasteiger partial charge in [0.25, 0.3) is 5.91 Å². The monoisotopic (exact) mass is 405 g/mol. The van der Waals surface area contributed by atoms with Gasteiger partial charge < -0.3 is 10.1 Å². The molecule has 0 atom stereocenters. The first-order valence-electron chi connectivity index (χ1n) is 9.06. The zero-order chi connectivity index (χ0) is 20.1. The maximum Gasteiger partial charge on any atom is 0.251 e. The minimum atomic E-state index is -0.138. The molecule has 7 nitrogen and oxygen atoms in total. The van der Waals surface area contributed by atoms with Gasteiger partial charge in [-0.1, -0.05) is 18.2 Å². The number of thiophene rings is 1. The van der Waals surface area contributed by atoms with Gasteiger partial charge in [-0.3, -0.25) is 4.79 Å². The summed E-state index contributed by atoms with van der Waals surface area (Å²) in [5, 5.41) is 16.3. The van der Waals surface area contributed by atoms with Crippen molar-refractivity contribution in [3.8, 4) is 21.9 Å². The van der Waals surface area contributed by atoms with Crippen LogP contribution < -0.4 is 10.1 Å². The molecule has 29 heavy (non-hydrogen) atoms. The average molecular weight is 405 g/mol. The molecule has 0 aliphatic rings. The summed E-state index contributed by atoms with van der Waals surface area (Å²) in [6, 6.07) is 17.5. The Balaban J connectivity index is 1.52. The first-order chi connectivity index (χ1) is 14.2. The quantitative estimate of drug-likeness (QED) is 0.510. The maximum atomic E-state index is 12.8. The first-order valence-corrected chi connectivity index (χ1v) is 9.94. The van der Waals surface area contributed by atoms with E-state index in [1.54, 1.807) is 29.2 Å². The van der Waals surface area contributed by atoms with Gasteiger partial charge in [0.1, 0.15) is 12.1 Å². The van der Waals surface area contributed by atoms with Crippen LogP contribution in [0.4, 0.5) is 0 Å². The van der Waals surface area contributed by atoms with Crippen molar-refractivity contribution < 1.29 is 9.53 Å². The molecule has 0 radical (unpaired) electrons. The molecule has 0 fully saturated rings. The van der Waals surface area contributed by atoms with Crippen molar-refractivity contribution in [1.29, 1.82) is 0 Å². The van der Waals surface area contributed by atoms with E-state index in [-0.39, 0.29) is 5.91 Å². The lowest BCUT2D eigenvalue weighted by atomic mass is 10.1. The van der Waals surface area contributed by atoms with E-state index in [0.29, 0.717) is 18.5 Å². The van der Waals surface area contributed by atoms with Crippen LogP contribution in [-0.2, 0) is 6.42 Å². The number of rotatable bonds is 7. The normalized spacial score (nSPS) is 10.7. The largest absolute Gasteiger partial charge is 0.497 e. The Labute approximate surface area is 172 Å². The highest BCUT2D eigenvalue weighted by Crippen LogP contribution is 2.28. The van der Waals surface area contributed by atoms with E-state index in [1.807, 2.05) is 53.9 Å². The number of methoxy groups -OCH3 is 1. The van der Waals surface area contributed by atoms with Crippen LogP contribution in [-0.4, -0.2) is 39.8 Å². The van der Waals surface area contributed by atoms with E-state index in [4.69, 9.17) is 4.74 Å². The number of amides is 1. The van der Waals surface area contributed by atoms with Crippen molar-refractivity contribution in [1.82, 2.24) is 25.5 Å². The molecule has 1 amide bonds. The number of hydrogen-bond acceptors (Lipinski definition) is 6. The molecule has 0 spiro atoms. The van der Waals surface area contributed by atoms with Crippen LogP contribution in [0, 0.1) is 0 Å². The molecule has 2 aromatic carbocycles. The van der Waals surface area contributed by atoms with Gasteiger partial charge in [-0.15, -0.1) is 16.4 Å². The van der Waals surface area contributed by atoms with Gasteiger partial charge in [0, 0.05) is 17.0 Å². The van der Waals surface area contributed by atoms with E-state index in [9.17, 15) is 4.79 Å². The topological polar surface area (TPSA) is 81.9 Å². The lowest BCUT2D eigenvalue weighted by molar-refractivity contribution is 0.0954. The van der Waals surface area contributed by atoms with E-state index in [1.165, 1.54) is 6.33 Å². The summed E-state index contributed by atoms with van der Waals surface area (Å²) in [4.78, 5) is 13.9. The molecule has 0 aliphatic carbocycles. The maximum absolute atomic E-state index is 12.8. The minimum absolute atomic E-state index is 0.138. The van der Waals surface area contributed by atoms with Crippen molar-refractivity contribution in [2.75, 3.05) is 13.7 Å². The predicted molar refractivity (Wildman–Crippen MR) is 111 cm³/mol. The number of benzene rings is 2. The molecule has 0 saturated heterocycles. The number of carbonyl (C=O) groups is 1. The summed E-state index contributed by atoms with van der Waals surface area (Å²) in [6.45, 7) is 0.523. The van der Waals surface area contributed by atoms with Crippen molar-refractivity contribution in [3.05, 3.63) is 77.4 Å². The molecular weight excluding hydrogens is 386 g/mol. The summed E-state index contributed by atoms with van der Waals surface area (Å²) in [6.07, 6.45) is 2.23. The van der Waals surface area contributed by atoms with Crippen molar-refractivity contribution in [2.45, 2.75) is 6.42 Å². The summed E-state index contributed by atoms with van der Waals surface area (Å²) < 4.78 is 6.79. The first kappa shape index (κ1) is 18.8. The van der Waals surface area contributed by atoms with Gasteiger partial charge >= 0.3 is 0 Å². The van der Waals surface area contributed by atoms with Crippen molar-refractivity contribution in [3.63, 3.8) is 0 Å². The third-order valence-electron chi connectivity index (χ3n) is 4.43. The van der Waals surface area contributed by atoms with E-state index in [0.717, 1.165) is 27.4 Å². The lowest BCUT2D eigenvalue weighted by Gasteiger charge is -2.10. The second-order valence-corrected chi connectivity index (χ2v) is 7.31. The van der Waals surface area contributed by atoms with Gasteiger partial charge in [-0.25, -0.2) is 4.68 Å². The van der Waals surface area contributed by atoms with Gasteiger partial charge in [-0.05, 0) is 69.8 Å². The van der Waals surface area contributed by atoms with Crippen LogP contribution in [0.25, 0.3) is 16.1 Å². The van der Waals surface area contributed by atoms with E-state index in [2.05, 4.69) is 20.8 Å². The average Bonchev–Trinajstić information content (AvgIpc) is 3.48. The molecule has 0 unspecified atom stereocenters. The summed E-state index contributed by atoms with van der Waals surface area (Å²) in [5.41, 5.74) is 3.35. The number of aromatic nitrogens is 4. The van der Waals surface area contributed by atoms with Crippen LogP contribution in [0.1, 0.15) is 15.9 Å². The molecule has 2 aromatic heterocycles. The fraction of sp³-hybridized carbons (Fsp3) is 0.143. The number of nitrogens with one attached hydrogen (secondary N) is 1. The summed E-state index contributed by atoms with van der Waals surface area (Å²) >= 11 is 1.62. The third-order valence-corrected chi connectivity index (χ3v) is 5.35. The van der Waals surface area contributed by atoms with E-state index >= 15 is 0 Å². The second-order valence-electron chi connectivity index (χ2n) is 6.36. The fourth-order valence-corrected chi connectivity index (χ4v) is 3.70. The molecule has 0 saturated carbocycles. The highest BCUT2D eigenvalue weighted by Gasteiger charge is 2.12. The van der Waals surface area contributed by atoms with Gasteiger partial charge in [0.15, 0.2) is 0 Å². The Bertz CT molecular complexity index is 1040. The standard InChI is InChI=1S/C21H19N5O2S/c1-28-19-5-2-4-15(10-19)7-8-22-21(27)17-11-16(20-6-3-9-29-20)12-18(13-17)26-14-23-24-25-26/h2-6,9-14H,7-8H2,1H3,(H,22,27). The van der Waals surface area contributed by atoms with Crippen molar-refractivity contribution >= 4 is 17.2 Å². The number of nitrogens with zero attached hydrogens (tertiary/aromatic N) is 4. The molecule has 1 N–H and O–H groups in total. The Morgan fingerprint density at radius 3 is 2.86 bits per heavy atom. The molecular formula is C21H19N5O2S. The van der Waals surface area contributed by atoms with Crippen LogP contribution in [0.15, 0.2) is 66.3 Å².